The number of pyridine rings is 1. The van der Waals surface area contributed by atoms with Crippen molar-refractivity contribution in [2.24, 2.45) is 17.8 Å². The van der Waals surface area contributed by atoms with Crippen molar-refractivity contribution in [2.75, 3.05) is 7.11 Å². The van der Waals surface area contributed by atoms with Gasteiger partial charge in [-0.15, -0.1) is 11.3 Å². The fourth-order valence-corrected chi connectivity index (χ4v) is 10.5. The number of hydrogen-bond acceptors (Lipinski definition) is 10. The number of amides is 3. The summed E-state index contributed by atoms with van der Waals surface area (Å²) in [6.45, 7) is 10.1. The second-order valence-corrected chi connectivity index (χ2v) is 18.5. The van der Waals surface area contributed by atoms with Crippen molar-refractivity contribution in [1.82, 2.24) is 24.9 Å². The Morgan fingerprint density at radius 3 is 2.48 bits per heavy atom. The SMILES string of the molecule is CC[C@@H]1C[C@]1(NC(=O)[C@@H]1C[C@@H](Oc2cc(-c3nc(C(C)C)cs3)nc3c(Cl)c(OC)ccc23)[C@H]2CC[C@H](C(C)C)C(=O)N21)C(=O)NS(=O)(=O)C1CC1. The maximum absolute atomic E-state index is 14.3. The minimum absolute atomic E-state index is 0.0626. The molecule has 280 valence electrons. The Bertz CT molecular complexity index is 2030. The van der Waals surface area contributed by atoms with Crippen LogP contribution < -0.4 is 19.5 Å². The number of ether oxygens (including phenoxy) is 2. The fraction of sp³-hybridized carbons (Fsp3) is 0.595. The summed E-state index contributed by atoms with van der Waals surface area (Å²) in [7, 11) is -2.28. The van der Waals surface area contributed by atoms with Gasteiger partial charge in [-0.25, -0.2) is 18.4 Å². The lowest BCUT2D eigenvalue weighted by Gasteiger charge is -2.40. The van der Waals surface area contributed by atoms with Crippen LogP contribution in [-0.4, -0.2) is 77.1 Å². The first-order valence-corrected chi connectivity index (χ1v) is 21.0. The van der Waals surface area contributed by atoms with Crippen molar-refractivity contribution < 1.29 is 32.3 Å². The molecule has 0 unspecified atom stereocenters. The van der Waals surface area contributed by atoms with Crippen LogP contribution in [0.1, 0.15) is 91.2 Å². The van der Waals surface area contributed by atoms with Crippen molar-refractivity contribution in [3.8, 4) is 22.2 Å². The number of piperidine rings is 1. The van der Waals surface area contributed by atoms with Crippen LogP contribution >= 0.6 is 22.9 Å². The predicted octanol–water partition coefficient (Wildman–Crippen LogP) is 5.82. The number of carbonyl (C=O) groups excluding carboxylic acids is 3. The van der Waals surface area contributed by atoms with Crippen LogP contribution in [0.15, 0.2) is 23.6 Å². The third-order valence-corrected chi connectivity index (χ3v) is 14.3. The number of thiazole rings is 1. The Morgan fingerprint density at radius 2 is 1.87 bits per heavy atom. The molecule has 2 aromatic heterocycles. The molecule has 0 spiro atoms. The van der Waals surface area contributed by atoms with Gasteiger partial charge in [-0.3, -0.25) is 19.1 Å². The van der Waals surface area contributed by atoms with Crippen LogP contribution in [0.25, 0.3) is 21.6 Å². The lowest BCUT2D eigenvalue weighted by molar-refractivity contribution is -0.149. The Morgan fingerprint density at radius 1 is 1.12 bits per heavy atom. The van der Waals surface area contributed by atoms with Gasteiger partial charge in [0.15, 0.2) is 0 Å². The molecule has 2 saturated carbocycles. The molecule has 2 aliphatic carbocycles. The lowest BCUT2D eigenvalue weighted by Crippen LogP contribution is -2.59. The quantitative estimate of drug-likeness (QED) is 0.232. The van der Waals surface area contributed by atoms with E-state index in [1.165, 1.54) is 18.4 Å². The molecule has 3 amide bonds. The van der Waals surface area contributed by atoms with Crippen molar-refractivity contribution >= 4 is 61.6 Å². The van der Waals surface area contributed by atoms with Gasteiger partial charge in [0.25, 0.3) is 5.91 Å². The summed E-state index contributed by atoms with van der Waals surface area (Å²) in [5, 5.41) is 6.06. The molecule has 15 heteroatoms. The molecule has 2 saturated heterocycles. The molecule has 4 aliphatic rings. The van der Waals surface area contributed by atoms with E-state index in [2.05, 4.69) is 23.9 Å². The topological polar surface area (TPSA) is 157 Å². The zero-order valence-electron chi connectivity index (χ0n) is 30.3. The molecule has 1 aromatic carbocycles. The number of halogens is 1. The van der Waals surface area contributed by atoms with Gasteiger partial charge < -0.3 is 19.7 Å². The standard InChI is InChI=1S/C37H46ClN5O7S2/c1-7-20-16-37(20,36(46)42-52(47,48)21-8-9-21)41-33(44)27-15-30(26-12-10-22(18(2)3)35(45)43(26)27)50-29-14-24(34-40-25(17-51-34)19(4)5)39-32-23(29)11-13-28(49-6)31(32)38/h11,13-14,17-22,26-27,30H,7-10,12,15-16H2,1-6H3,(H,41,44)(H,42,46)/t20-,22-,26-,27+,30-,37-/m1/s1. The largest absolute Gasteiger partial charge is 0.495 e. The van der Waals surface area contributed by atoms with Gasteiger partial charge in [0.2, 0.25) is 21.8 Å². The number of methoxy groups -OCH3 is 1. The first-order valence-electron chi connectivity index (χ1n) is 18.2. The zero-order valence-corrected chi connectivity index (χ0v) is 32.7. The summed E-state index contributed by atoms with van der Waals surface area (Å²) in [5.41, 5.74) is 0.644. The van der Waals surface area contributed by atoms with Crippen LogP contribution in [0.5, 0.6) is 11.5 Å². The van der Waals surface area contributed by atoms with Crippen molar-refractivity contribution in [2.45, 2.75) is 114 Å². The second kappa shape index (κ2) is 13.7. The summed E-state index contributed by atoms with van der Waals surface area (Å²) in [5.74, 6) is -0.562. The van der Waals surface area contributed by atoms with E-state index in [9.17, 15) is 22.8 Å². The average molecular weight is 772 g/mol. The number of nitrogens with one attached hydrogen (secondary N) is 2. The van der Waals surface area contributed by atoms with E-state index in [-0.39, 0.29) is 36.0 Å². The first kappa shape index (κ1) is 36.9. The number of aromatic nitrogens is 2. The van der Waals surface area contributed by atoms with E-state index in [0.717, 1.165) is 5.69 Å². The van der Waals surface area contributed by atoms with Crippen LogP contribution in [0, 0.1) is 17.8 Å². The van der Waals surface area contributed by atoms with E-state index in [4.69, 9.17) is 31.0 Å². The maximum Gasteiger partial charge on any atom is 0.259 e. The van der Waals surface area contributed by atoms with E-state index in [0.29, 0.717) is 76.7 Å². The van der Waals surface area contributed by atoms with Gasteiger partial charge in [0.1, 0.15) is 44.9 Å². The van der Waals surface area contributed by atoms with E-state index in [1.54, 1.807) is 11.0 Å². The summed E-state index contributed by atoms with van der Waals surface area (Å²) in [4.78, 5) is 53.4. The van der Waals surface area contributed by atoms with E-state index in [1.807, 2.05) is 38.3 Å². The van der Waals surface area contributed by atoms with Gasteiger partial charge in [-0.1, -0.05) is 52.6 Å². The Kier molecular flexibility index (Phi) is 9.73. The minimum atomic E-state index is -3.82. The third-order valence-electron chi connectivity index (χ3n) is 11.3. The molecule has 6 atom stereocenters. The Hall–Kier alpha value is -3.49. The van der Waals surface area contributed by atoms with Crippen molar-refractivity contribution in [3.05, 3.63) is 34.3 Å². The molecule has 4 heterocycles. The smallest absolute Gasteiger partial charge is 0.259 e. The van der Waals surface area contributed by atoms with Gasteiger partial charge in [-0.05, 0) is 62.0 Å². The zero-order chi connectivity index (χ0) is 37.3. The first-order chi connectivity index (χ1) is 24.7. The van der Waals surface area contributed by atoms with Crippen LogP contribution in [-0.2, 0) is 24.4 Å². The summed E-state index contributed by atoms with van der Waals surface area (Å²) < 4.78 is 40.1. The Balaban J connectivity index is 1.23. The van der Waals surface area contributed by atoms with Crippen molar-refractivity contribution in [3.63, 3.8) is 0 Å². The monoisotopic (exact) mass is 771 g/mol. The number of fused-ring (bicyclic) bond motifs is 2. The predicted molar refractivity (Wildman–Crippen MR) is 199 cm³/mol. The molecule has 0 bridgehead atoms. The van der Waals surface area contributed by atoms with Gasteiger partial charge in [-0.2, -0.15) is 0 Å². The number of nitrogens with zero attached hydrogens (tertiary/aromatic N) is 3. The highest BCUT2D eigenvalue weighted by Crippen LogP contribution is 2.48. The molecule has 2 aliphatic heterocycles. The molecule has 7 rings (SSSR count). The maximum atomic E-state index is 14.3. The van der Waals surface area contributed by atoms with Crippen LogP contribution in [0.4, 0.5) is 0 Å². The molecule has 52 heavy (non-hydrogen) atoms. The fourth-order valence-electron chi connectivity index (χ4n) is 7.89. The highest BCUT2D eigenvalue weighted by Gasteiger charge is 2.63. The number of rotatable bonds is 12. The number of sulfonamides is 1. The molecule has 12 nitrogen and oxygen atoms in total. The molecular weight excluding hydrogens is 726 g/mol. The summed E-state index contributed by atoms with van der Waals surface area (Å²) >= 11 is 8.30. The van der Waals surface area contributed by atoms with Gasteiger partial charge in [0.05, 0.1) is 29.6 Å². The van der Waals surface area contributed by atoms with E-state index < -0.39 is 50.8 Å². The number of hydrogen-bond donors (Lipinski definition) is 2. The normalized spacial score (nSPS) is 27.2. The minimum Gasteiger partial charge on any atom is -0.495 e. The molecule has 0 radical (unpaired) electrons. The Labute approximate surface area is 313 Å². The summed E-state index contributed by atoms with van der Waals surface area (Å²) in [6, 6.07) is 4.09. The number of carbonyl (C=O) groups is 3. The van der Waals surface area contributed by atoms with Crippen LogP contribution in [0.3, 0.4) is 0 Å². The molecule has 4 fully saturated rings. The van der Waals surface area contributed by atoms with Crippen LogP contribution in [0.2, 0.25) is 5.02 Å². The highest BCUT2D eigenvalue weighted by molar-refractivity contribution is 7.91. The second-order valence-electron chi connectivity index (χ2n) is 15.3. The summed E-state index contributed by atoms with van der Waals surface area (Å²) in [6.07, 6.45) is 2.81. The van der Waals surface area contributed by atoms with Crippen molar-refractivity contribution in [1.29, 1.82) is 0 Å². The van der Waals surface area contributed by atoms with Gasteiger partial charge >= 0.3 is 0 Å². The number of benzene rings is 1. The third kappa shape index (κ3) is 6.52. The van der Waals surface area contributed by atoms with Gasteiger partial charge in [0, 0.05) is 29.2 Å². The molecule has 3 aromatic rings. The highest BCUT2D eigenvalue weighted by atomic mass is 35.5. The molecule has 2 N–H and O–H groups in total. The molecular formula is C37H46ClN5O7S2. The lowest BCUT2D eigenvalue weighted by atomic mass is 9.84. The van der Waals surface area contributed by atoms with E-state index >= 15 is 0 Å². The average Bonchev–Trinajstić information content (AvgIpc) is 3.99.